The quantitative estimate of drug-likeness (QED) is 0.656. The Labute approximate surface area is 82.7 Å². The van der Waals surface area contributed by atoms with Gasteiger partial charge in [-0.15, -0.1) is 12.3 Å². The maximum atomic E-state index is 11.5. The number of nitrogens with zero attached hydrogens (tertiary/aromatic N) is 1. The molecule has 0 bridgehead atoms. The largest absolute Gasteiger partial charge is 0.472 e. The molecular formula is C11H11NO2. The van der Waals surface area contributed by atoms with E-state index in [4.69, 9.17) is 10.8 Å². The van der Waals surface area contributed by atoms with E-state index >= 15 is 0 Å². The molecule has 3 nitrogen and oxygen atoms in total. The second-order valence-corrected chi connectivity index (χ2v) is 3.47. The predicted molar refractivity (Wildman–Crippen MR) is 51.1 cm³/mol. The van der Waals surface area contributed by atoms with E-state index in [1.165, 1.54) is 0 Å². The fourth-order valence-corrected chi connectivity index (χ4v) is 1.64. The molecule has 3 heteroatoms. The van der Waals surface area contributed by atoms with Crippen LogP contribution in [0.25, 0.3) is 0 Å². The van der Waals surface area contributed by atoms with Crippen molar-refractivity contribution in [3.8, 4) is 12.3 Å². The molecule has 0 N–H and O–H groups in total. The second-order valence-electron chi connectivity index (χ2n) is 3.47. The van der Waals surface area contributed by atoms with Gasteiger partial charge in [-0.05, 0) is 6.07 Å². The van der Waals surface area contributed by atoms with E-state index in [-0.39, 0.29) is 11.8 Å². The van der Waals surface area contributed by atoms with Crippen LogP contribution in [0.4, 0.5) is 0 Å². The lowest BCUT2D eigenvalue weighted by Gasteiger charge is -2.13. The smallest absolute Gasteiger partial charge is 0.224 e. The molecule has 14 heavy (non-hydrogen) atoms. The molecule has 2 heterocycles. The van der Waals surface area contributed by atoms with Gasteiger partial charge in [-0.2, -0.15) is 0 Å². The zero-order chi connectivity index (χ0) is 9.97. The molecule has 0 aromatic carbocycles. The fraction of sp³-hybridized carbons (Fsp3) is 0.364. The Hall–Kier alpha value is -1.69. The Morgan fingerprint density at radius 3 is 3.14 bits per heavy atom. The molecule has 0 spiro atoms. The van der Waals surface area contributed by atoms with Gasteiger partial charge in [0.15, 0.2) is 0 Å². The van der Waals surface area contributed by atoms with Crippen LogP contribution in [-0.2, 0) is 11.3 Å². The number of rotatable bonds is 2. The van der Waals surface area contributed by atoms with Gasteiger partial charge in [-0.1, -0.05) is 0 Å². The van der Waals surface area contributed by atoms with E-state index in [9.17, 15) is 4.79 Å². The number of furan rings is 1. The van der Waals surface area contributed by atoms with Crippen LogP contribution < -0.4 is 0 Å². The molecule has 1 aliphatic heterocycles. The fourth-order valence-electron chi connectivity index (χ4n) is 1.64. The highest BCUT2D eigenvalue weighted by molar-refractivity contribution is 5.79. The van der Waals surface area contributed by atoms with Crippen LogP contribution in [0.15, 0.2) is 23.0 Å². The summed E-state index contributed by atoms with van der Waals surface area (Å²) in [6.45, 7) is 1.27. The average Bonchev–Trinajstić information content (AvgIpc) is 2.78. The summed E-state index contributed by atoms with van der Waals surface area (Å²) < 4.78 is 4.93. The molecule has 1 atom stereocenters. The lowest BCUT2D eigenvalue weighted by Crippen LogP contribution is -2.24. The highest BCUT2D eigenvalue weighted by Crippen LogP contribution is 2.19. The van der Waals surface area contributed by atoms with Crippen LogP contribution in [0.3, 0.4) is 0 Å². The van der Waals surface area contributed by atoms with Crippen LogP contribution in [0.5, 0.6) is 0 Å². The standard InChI is InChI=1S/C11H11NO2/c1-2-9-5-11(13)12(6-9)7-10-3-4-14-8-10/h1,3-4,8-9H,5-7H2. The number of hydrogen-bond acceptors (Lipinski definition) is 2. The maximum absolute atomic E-state index is 11.5. The molecule has 1 aliphatic rings. The summed E-state index contributed by atoms with van der Waals surface area (Å²) in [5.41, 5.74) is 1.01. The number of likely N-dealkylation sites (tertiary alicyclic amines) is 1. The Morgan fingerprint density at radius 2 is 2.57 bits per heavy atom. The van der Waals surface area contributed by atoms with Crippen molar-refractivity contribution in [2.75, 3.05) is 6.54 Å². The zero-order valence-electron chi connectivity index (χ0n) is 7.77. The van der Waals surface area contributed by atoms with E-state index in [1.54, 1.807) is 17.4 Å². The van der Waals surface area contributed by atoms with Crippen LogP contribution in [0, 0.1) is 18.3 Å². The van der Waals surface area contributed by atoms with Gasteiger partial charge in [-0.3, -0.25) is 4.79 Å². The number of terminal acetylenes is 1. The van der Waals surface area contributed by atoms with Gasteiger partial charge in [0.25, 0.3) is 0 Å². The highest BCUT2D eigenvalue weighted by Gasteiger charge is 2.28. The van der Waals surface area contributed by atoms with Gasteiger partial charge < -0.3 is 9.32 Å². The van der Waals surface area contributed by atoms with Crippen molar-refractivity contribution in [2.45, 2.75) is 13.0 Å². The third-order valence-corrected chi connectivity index (χ3v) is 2.40. The lowest BCUT2D eigenvalue weighted by atomic mass is 10.1. The van der Waals surface area contributed by atoms with Crippen LogP contribution in [0.1, 0.15) is 12.0 Å². The minimum Gasteiger partial charge on any atom is -0.472 e. The van der Waals surface area contributed by atoms with Gasteiger partial charge in [0.05, 0.1) is 12.5 Å². The SMILES string of the molecule is C#CC1CC(=O)N(Cc2ccoc2)C1. The highest BCUT2D eigenvalue weighted by atomic mass is 16.3. The summed E-state index contributed by atoms with van der Waals surface area (Å²) in [4.78, 5) is 13.2. The second kappa shape index (κ2) is 3.59. The molecule has 1 aromatic heterocycles. The Morgan fingerprint density at radius 1 is 1.71 bits per heavy atom. The van der Waals surface area contributed by atoms with E-state index < -0.39 is 0 Å². The number of carbonyl (C=O) groups excluding carboxylic acids is 1. The molecule has 1 aromatic rings. The third-order valence-electron chi connectivity index (χ3n) is 2.40. The molecule has 0 saturated carbocycles. The van der Waals surface area contributed by atoms with Crippen molar-refractivity contribution in [1.82, 2.24) is 4.90 Å². The Bertz CT molecular complexity index is 361. The summed E-state index contributed by atoms with van der Waals surface area (Å²) in [6, 6.07) is 1.86. The summed E-state index contributed by atoms with van der Waals surface area (Å²) in [7, 11) is 0. The Balaban J connectivity index is 2.00. The van der Waals surface area contributed by atoms with Crippen LogP contribution >= 0.6 is 0 Å². The van der Waals surface area contributed by atoms with Crippen molar-refractivity contribution in [3.05, 3.63) is 24.2 Å². The summed E-state index contributed by atoms with van der Waals surface area (Å²) in [6.07, 6.45) is 9.02. The van der Waals surface area contributed by atoms with E-state index in [2.05, 4.69) is 5.92 Å². The molecule has 1 unspecified atom stereocenters. The number of hydrogen-bond donors (Lipinski definition) is 0. The minimum absolute atomic E-state index is 0.0781. The Kier molecular flexibility index (Phi) is 2.28. The van der Waals surface area contributed by atoms with Gasteiger partial charge in [0.1, 0.15) is 0 Å². The topological polar surface area (TPSA) is 33.5 Å². The maximum Gasteiger partial charge on any atom is 0.224 e. The van der Waals surface area contributed by atoms with Crippen molar-refractivity contribution in [2.24, 2.45) is 5.92 Å². The van der Waals surface area contributed by atoms with Gasteiger partial charge >= 0.3 is 0 Å². The molecule has 1 amide bonds. The molecule has 72 valence electrons. The van der Waals surface area contributed by atoms with Gasteiger partial charge in [0.2, 0.25) is 5.91 Å². The molecule has 0 radical (unpaired) electrons. The molecular weight excluding hydrogens is 178 g/mol. The average molecular weight is 189 g/mol. The van der Waals surface area contributed by atoms with Crippen LogP contribution in [0.2, 0.25) is 0 Å². The van der Waals surface area contributed by atoms with Crippen molar-refractivity contribution in [1.29, 1.82) is 0 Å². The van der Waals surface area contributed by atoms with Crippen molar-refractivity contribution >= 4 is 5.91 Å². The molecule has 1 saturated heterocycles. The van der Waals surface area contributed by atoms with Crippen LogP contribution in [-0.4, -0.2) is 17.4 Å². The van der Waals surface area contributed by atoms with Crippen molar-refractivity contribution in [3.63, 3.8) is 0 Å². The summed E-state index contributed by atoms with van der Waals surface area (Å²) >= 11 is 0. The van der Waals surface area contributed by atoms with E-state index in [0.717, 1.165) is 5.56 Å². The van der Waals surface area contributed by atoms with Gasteiger partial charge in [0, 0.05) is 31.0 Å². The third kappa shape index (κ3) is 1.64. The van der Waals surface area contributed by atoms with E-state index in [0.29, 0.717) is 19.5 Å². The summed E-state index contributed by atoms with van der Waals surface area (Å²) in [5, 5.41) is 0. The normalized spacial score (nSPS) is 21.2. The van der Waals surface area contributed by atoms with Gasteiger partial charge in [-0.25, -0.2) is 0 Å². The summed E-state index contributed by atoms with van der Waals surface area (Å²) in [5.74, 6) is 2.83. The molecule has 2 rings (SSSR count). The minimum atomic E-state index is 0.0781. The molecule has 1 fully saturated rings. The monoisotopic (exact) mass is 189 g/mol. The first-order valence-corrected chi connectivity index (χ1v) is 4.54. The van der Waals surface area contributed by atoms with E-state index in [1.807, 2.05) is 6.07 Å². The van der Waals surface area contributed by atoms with Crippen molar-refractivity contribution < 1.29 is 9.21 Å². The predicted octanol–water partition coefficient (Wildman–Crippen LogP) is 1.26. The zero-order valence-corrected chi connectivity index (χ0v) is 7.77. The first-order chi connectivity index (χ1) is 6.79. The lowest BCUT2D eigenvalue weighted by molar-refractivity contribution is -0.128. The first kappa shape index (κ1) is 8.89. The number of amides is 1. The molecule has 0 aliphatic carbocycles. The number of carbonyl (C=O) groups is 1. The first-order valence-electron chi connectivity index (χ1n) is 4.54.